The third-order valence-corrected chi connectivity index (χ3v) is 2.21. The van der Waals surface area contributed by atoms with Gasteiger partial charge in [-0.3, -0.25) is 4.79 Å². The van der Waals surface area contributed by atoms with Crippen molar-refractivity contribution in [3.05, 3.63) is 48.2 Å². The van der Waals surface area contributed by atoms with Crippen LogP contribution in [0.3, 0.4) is 0 Å². The number of carbonyl (C=O) groups excluding carboxylic acids is 1. The van der Waals surface area contributed by atoms with Gasteiger partial charge in [-0.05, 0) is 24.6 Å². The summed E-state index contributed by atoms with van der Waals surface area (Å²) in [5.74, 6) is 1.03. The van der Waals surface area contributed by atoms with Gasteiger partial charge in [0.2, 0.25) is 0 Å². The van der Waals surface area contributed by atoms with E-state index in [-0.39, 0.29) is 5.78 Å². The number of carbonyl (C=O) groups is 1. The van der Waals surface area contributed by atoms with Crippen molar-refractivity contribution in [2.45, 2.75) is 13.3 Å². The summed E-state index contributed by atoms with van der Waals surface area (Å²) in [7, 11) is 0. The van der Waals surface area contributed by atoms with Gasteiger partial charge in [0.05, 0.1) is 6.26 Å². The van der Waals surface area contributed by atoms with Gasteiger partial charge < -0.3 is 4.42 Å². The lowest BCUT2D eigenvalue weighted by atomic mass is 10.1. The number of hydrogen-bond acceptors (Lipinski definition) is 2. The van der Waals surface area contributed by atoms with Crippen molar-refractivity contribution in [1.82, 2.24) is 0 Å². The maximum atomic E-state index is 10.9. The number of rotatable bonds is 3. The Balaban J connectivity index is 2.21. The van der Waals surface area contributed by atoms with Crippen molar-refractivity contribution in [2.75, 3.05) is 0 Å². The highest BCUT2D eigenvalue weighted by molar-refractivity contribution is 5.78. The summed E-state index contributed by atoms with van der Waals surface area (Å²) >= 11 is 0. The summed E-state index contributed by atoms with van der Waals surface area (Å²) < 4.78 is 5.27. The molecule has 0 saturated carbocycles. The maximum absolute atomic E-state index is 10.9. The highest BCUT2D eigenvalue weighted by Crippen LogP contribution is 2.20. The Bertz CT molecular complexity index is 438. The highest BCUT2D eigenvalue weighted by atomic mass is 16.3. The number of Topliss-reactive ketones (excluding diaryl/α,β-unsaturated/α-hetero) is 1. The van der Waals surface area contributed by atoms with E-state index < -0.39 is 0 Å². The molecule has 0 saturated heterocycles. The molecule has 2 aromatic rings. The number of hydrogen-bond donors (Lipinski definition) is 0. The van der Waals surface area contributed by atoms with Gasteiger partial charge >= 0.3 is 0 Å². The van der Waals surface area contributed by atoms with Gasteiger partial charge in [0.25, 0.3) is 0 Å². The van der Waals surface area contributed by atoms with E-state index in [1.54, 1.807) is 13.2 Å². The third kappa shape index (κ3) is 2.34. The summed E-state index contributed by atoms with van der Waals surface area (Å²) in [5, 5.41) is 0. The molecule has 0 amide bonds. The molecule has 2 nitrogen and oxygen atoms in total. The topological polar surface area (TPSA) is 30.2 Å². The predicted molar refractivity (Wildman–Crippen MR) is 58.5 cm³/mol. The van der Waals surface area contributed by atoms with Crippen LogP contribution in [0.25, 0.3) is 11.3 Å². The van der Waals surface area contributed by atoms with Crippen molar-refractivity contribution in [2.24, 2.45) is 0 Å². The summed E-state index contributed by atoms with van der Waals surface area (Å²) in [4.78, 5) is 10.9. The van der Waals surface area contributed by atoms with E-state index in [1.165, 1.54) is 0 Å². The Kier molecular flexibility index (Phi) is 2.68. The zero-order valence-corrected chi connectivity index (χ0v) is 8.57. The molecule has 1 aromatic heterocycles. The van der Waals surface area contributed by atoms with E-state index in [0.717, 1.165) is 16.9 Å². The lowest BCUT2D eigenvalue weighted by molar-refractivity contribution is -0.116. The largest absolute Gasteiger partial charge is 0.464 e. The molecule has 0 N–H and O–H groups in total. The molecule has 1 aromatic carbocycles. The number of ketones is 1. The Hall–Kier alpha value is -1.83. The molecular weight excluding hydrogens is 188 g/mol. The maximum Gasteiger partial charge on any atom is 0.134 e. The van der Waals surface area contributed by atoms with Crippen molar-refractivity contribution in [1.29, 1.82) is 0 Å². The molecular formula is C13H12O2. The second-order valence-corrected chi connectivity index (χ2v) is 3.55. The molecule has 0 spiro atoms. The molecule has 2 rings (SSSR count). The van der Waals surface area contributed by atoms with Crippen LogP contribution in [0.4, 0.5) is 0 Å². The monoisotopic (exact) mass is 200 g/mol. The molecule has 0 unspecified atom stereocenters. The van der Waals surface area contributed by atoms with E-state index in [4.69, 9.17) is 4.42 Å². The second-order valence-electron chi connectivity index (χ2n) is 3.55. The van der Waals surface area contributed by atoms with E-state index in [0.29, 0.717) is 6.42 Å². The van der Waals surface area contributed by atoms with Crippen molar-refractivity contribution in [3.63, 3.8) is 0 Å². The summed E-state index contributed by atoms with van der Waals surface area (Å²) in [6, 6.07) is 11.6. The van der Waals surface area contributed by atoms with Gasteiger partial charge in [-0.25, -0.2) is 0 Å². The van der Waals surface area contributed by atoms with Crippen LogP contribution in [0.1, 0.15) is 12.5 Å². The molecule has 0 bridgehead atoms. The van der Waals surface area contributed by atoms with Crippen LogP contribution in [-0.4, -0.2) is 5.78 Å². The van der Waals surface area contributed by atoms with Gasteiger partial charge in [0, 0.05) is 12.0 Å². The smallest absolute Gasteiger partial charge is 0.134 e. The minimum absolute atomic E-state index is 0.181. The molecule has 15 heavy (non-hydrogen) atoms. The first kappa shape index (κ1) is 9.71. The summed E-state index contributed by atoms with van der Waals surface area (Å²) in [6.45, 7) is 1.60. The van der Waals surface area contributed by atoms with Crippen LogP contribution < -0.4 is 0 Å². The van der Waals surface area contributed by atoms with Crippen LogP contribution in [-0.2, 0) is 11.2 Å². The zero-order valence-electron chi connectivity index (χ0n) is 8.57. The fraction of sp³-hybridized carbons (Fsp3) is 0.154. The fourth-order valence-corrected chi connectivity index (χ4v) is 1.52. The standard InChI is InChI=1S/C13H12O2/c1-10(14)9-11-4-6-12(7-5-11)13-3-2-8-15-13/h2-8H,9H2,1H3. The number of furan rings is 1. The van der Waals surface area contributed by atoms with Crippen LogP contribution in [0, 0.1) is 0 Å². The van der Waals surface area contributed by atoms with Gasteiger partial charge in [-0.2, -0.15) is 0 Å². The third-order valence-electron chi connectivity index (χ3n) is 2.21. The Morgan fingerprint density at radius 1 is 1.20 bits per heavy atom. The minimum Gasteiger partial charge on any atom is -0.464 e. The van der Waals surface area contributed by atoms with Crippen LogP contribution in [0.15, 0.2) is 47.1 Å². The van der Waals surface area contributed by atoms with Crippen molar-refractivity contribution < 1.29 is 9.21 Å². The first-order valence-electron chi connectivity index (χ1n) is 4.88. The first-order valence-corrected chi connectivity index (χ1v) is 4.88. The fourth-order valence-electron chi connectivity index (χ4n) is 1.52. The molecule has 0 fully saturated rings. The van der Waals surface area contributed by atoms with E-state index in [2.05, 4.69) is 0 Å². The Morgan fingerprint density at radius 3 is 2.47 bits per heavy atom. The Morgan fingerprint density at radius 2 is 1.93 bits per heavy atom. The minimum atomic E-state index is 0.181. The SMILES string of the molecule is CC(=O)Cc1ccc(-c2ccco2)cc1. The lowest BCUT2D eigenvalue weighted by Crippen LogP contribution is -1.95. The summed E-state index contributed by atoms with van der Waals surface area (Å²) in [5.41, 5.74) is 2.07. The lowest BCUT2D eigenvalue weighted by Gasteiger charge is -1.99. The van der Waals surface area contributed by atoms with Gasteiger partial charge in [0.15, 0.2) is 0 Å². The molecule has 0 aliphatic carbocycles. The second kappa shape index (κ2) is 4.13. The molecule has 0 radical (unpaired) electrons. The molecule has 76 valence electrons. The van der Waals surface area contributed by atoms with Crippen LogP contribution in [0.2, 0.25) is 0 Å². The zero-order chi connectivity index (χ0) is 10.7. The normalized spacial score (nSPS) is 10.2. The number of benzene rings is 1. The van der Waals surface area contributed by atoms with Crippen molar-refractivity contribution >= 4 is 5.78 Å². The van der Waals surface area contributed by atoms with Crippen molar-refractivity contribution in [3.8, 4) is 11.3 Å². The average molecular weight is 200 g/mol. The van der Waals surface area contributed by atoms with Crippen LogP contribution >= 0.6 is 0 Å². The highest BCUT2D eigenvalue weighted by Gasteiger charge is 2.01. The van der Waals surface area contributed by atoms with Gasteiger partial charge in [-0.1, -0.05) is 24.3 Å². The predicted octanol–water partition coefficient (Wildman–Crippen LogP) is 3.08. The van der Waals surface area contributed by atoms with Crippen LogP contribution in [0.5, 0.6) is 0 Å². The molecule has 0 aliphatic rings. The van der Waals surface area contributed by atoms with E-state index in [1.807, 2.05) is 36.4 Å². The first-order chi connectivity index (χ1) is 7.25. The van der Waals surface area contributed by atoms with Gasteiger partial charge in [0.1, 0.15) is 11.5 Å². The quantitative estimate of drug-likeness (QED) is 0.762. The molecule has 0 aliphatic heterocycles. The average Bonchev–Trinajstić information content (AvgIpc) is 2.71. The van der Waals surface area contributed by atoms with E-state index >= 15 is 0 Å². The molecule has 2 heteroatoms. The summed E-state index contributed by atoms with van der Waals surface area (Å²) in [6.07, 6.45) is 2.15. The Labute approximate surface area is 88.5 Å². The van der Waals surface area contributed by atoms with Gasteiger partial charge in [-0.15, -0.1) is 0 Å². The molecule has 0 atom stereocenters. The van der Waals surface area contributed by atoms with E-state index in [9.17, 15) is 4.79 Å². The molecule has 1 heterocycles.